The summed E-state index contributed by atoms with van der Waals surface area (Å²) in [6.45, 7) is 4.10. The second-order valence-corrected chi connectivity index (χ2v) is 18.6. The Morgan fingerprint density at radius 2 is 1.55 bits per heavy atom. The van der Waals surface area contributed by atoms with Crippen LogP contribution in [-0.2, 0) is 30.3 Å². The molecule has 2 aromatic heterocycles. The molecule has 22 heteroatoms. The fourth-order valence-corrected chi connectivity index (χ4v) is 8.96. The number of hydrogen-bond acceptors (Lipinski definition) is 14. The van der Waals surface area contributed by atoms with Gasteiger partial charge in [0, 0.05) is 93.0 Å². The highest BCUT2D eigenvalue weighted by Crippen LogP contribution is 2.42. The summed E-state index contributed by atoms with van der Waals surface area (Å²) >= 11 is 1.14. The van der Waals surface area contributed by atoms with Gasteiger partial charge < -0.3 is 50.3 Å². The van der Waals surface area contributed by atoms with Crippen LogP contribution in [0.1, 0.15) is 46.0 Å². The van der Waals surface area contributed by atoms with Crippen molar-refractivity contribution in [2.24, 2.45) is 0 Å². The summed E-state index contributed by atoms with van der Waals surface area (Å²) in [4.78, 5) is 77.0. The number of nitrogens with one attached hydrogen (secondary N) is 4. The molecule has 3 aromatic carbocycles. The number of aromatic amines is 1. The minimum atomic E-state index is -1.16. The fraction of sp³-hybridized carbons (Fsp3) is 0.346. The number of ether oxygens (including phenoxy) is 3. The molecule has 3 amide bonds. The molecule has 20 nitrogen and oxygen atoms in total. The zero-order valence-corrected chi connectivity index (χ0v) is 42.6. The first-order chi connectivity index (χ1) is 35.6. The Bertz CT molecular complexity index is 3240. The van der Waals surface area contributed by atoms with Crippen LogP contribution in [0.3, 0.4) is 0 Å². The van der Waals surface area contributed by atoms with Crippen molar-refractivity contribution < 1.29 is 47.3 Å². The Morgan fingerprint density at radius 3 is 2.22 bits per heavy atom. The summed E-state index contributed by atoms with van der Waals surface area (Å²) in [5, 5.41) is 20.8. The highest BCUT2D eigenvalue weighted by Gasteiger charge is 2.25. The van der Waals surface area contributed by atoms with Gasteiger partial charge in [-0.15, -0.1) is 0 Å². The van der Waals surface area contributed by atoms with E-state index in [2.05, 4.69) is 30.9 Å². The van der Waals surface area contributed by atoms with Crippen molar-refractivity contribution in [2.45, 2.75) is 37.5 Å². The molecule has 5 aromatic rings. The Morgan fingerprint density at radius 1 is 0.878 bits per heavy atom. The zero-order chi connectivity index (χ0) is 52.9. The van der Waals surface area contributed by atoms with Crippen LogP contribution in [0, 0.1) is 5.82 Å². The number of imidazole rings is 1. The summed E-state index contributed by atoms with van der Waals surface area (Å²) in [5.74, 6) is -2.22. The van der Waals surface area contributed by atoms with E-state index in [9.17, 15) is 33.5 Å². The van der Waals surface area contributed by atoms with Crippen LogP contribution in [0.25, 0.3) is 44.6 Å². The molecule has 2 aliphatic rings. The van der Waals surface area contributed by atoms with E-state index in [0.29, 0.717) is 92.2 Å². The molecular formula is C52H60FN10O10S+. The molecule has 0 spiro atoms. The van der Waals surface area contributed by atoms with Gasteiger partial charge in [-0.25, -0.2) is 18.7 Å². The van der Waals surface area contributed by atoms with E-state index in [-0.39, 0.29) is 47.1 Å². The van der Waals surface area contributed by atoms with Crippen molar-refractivity contribution >= 4 is 69.2 Å². The number of nitrogens with two attached hydrogens (primary N) is 1. The molecule has 1 atom stereocenters. The summed E-state index contributed by atoms with van der Waals surface area (Å²) in [5.41, 5.74) is 9.89. The highest BCUT2D eigenvalue weighted by molar-refractivity contribution is 7.99. The van der Waals surface area contributed by atoms with Crippen molar-refractivity contribution in [3.05, 3.63) is 117 Å². The number of nitrogen functional groups attached to an aromatic ring is 1. The van der Waals surface area contributed by atoms with E-state index < -0.39 is 41.1 Å². The monoisotopic (exact) mass is 1040 g/mol. The molecule has 0 unspecified atom stereocenters. The van der Waals surface area contributed by atoms with E-state index >= 15 is 0 Å². The number of aromatic nitrogens is 4. The lowest BCUT2D eigenvalue weighted by atomic mass is 9.89. The van der Waals surface area contributed by atoms with Crippen molar-refractivity contribution in [3.8, 4) is 22.5 Å². The van der Waals surface area contributed by atoms with Gasteiger partial charge in [0.05, 0.1) is 44.6 Å². The molecule has 1 aliphatic carbocycles. The van der Waals surface area contributed by atoms with Gasteiger partial charge in [0.15, 0.2) is 16.3 Å². The number of nitrogens with zero attached hydrogens (tertiary/aromatic N) is 5. The third-order valence-corrected chi connectivity index (χ3v) is 12.7. The van der Waals surface area contributed by atoms with Crippen molar-refractivity contribution in [3.63, 3.8) is 0 Å². The minimum Gasteiger partial charge on any atom is -0.478 e. The first kappa shape index (κ1) is 54.1. The van der Waals surface area contributed by atoms with Crippen LogP contribution in [-0.4, -0.2) is 141 Å². The second kappa shape index (κ2) is 25.3. The molecule has 0 bridgehead atoms. The maximum Gasteiger partial charge on any atom is 0.336 e. The van der Waals surface area contributed by atoms with Gasteiger partial charge in [-0.1, -0.05) is 30.0 Å². The van der Waals surface area contributed by atoms with E-state index in [1.807, 2.05) is 74.1 Å². The van der Waals surface area contributed by atoms with Gasteiger partial charge in [-0.05, 0) is 66.4 Å². The van der Waals surface area contributed by atoms with E-state index in [0.717, 1.165) is 33.8 Å². The molecule has 0 fully saturated rings. The van der Waals surface area contributed by atoms with Crippen LogP contribution >= 0.6 is 11.8 Å². The first-order valence-corrected chi connectivity index (χ1v) is 24.8. The van der Waals surface area contributed by atoms with Gasteiger partial charge in [0.25, 0.3) is 11.5 Å². The first-order valence-electron chi connectivity index (χ1n) is 23.8. The largest absolute Gasteiger partial charge is 0.478 e. The van der Waals surface area contributed by atoms with Crippen LogP contribution in [0.2, 0.25) is 0 Å². The zero-order valence-electron chi connectivity index (χ0n) is 41.8. The third-order valence-electron chi connectivity index (χ3n) is 11.7. The Balaban J connectivity index is 0.794. The van der Waals surface area contributed by atoms with Crippen LogP contribution in [0.15, 0.2) is 93.2 Å². The Kier molecular flexibility index (Phi) is 18.5. The smallest absolute Gasteiger partial charge is 0.336 e. The lowest BCUT2D eigenvalue weighted by molar-refractivity contribution is -0.127. The quantitative estimate of drug-likeness (QED) is 0.0203. The number of carbonyl (C=O) groups excluding carboxylic acids is 3. The van der Waals surface area contributed by atoms with E-state index in [1.54, 1.807) is 28.8 Å². The Labute approximate surface area is 429 Å². The topological polar surface area (TPSA) is 261 Å². The van der Waals surface area contributed by atoms with E-state index in [1.165, 1.54) is 25.1 Å². The van der Waals surface area contributed by atoms with Crippen molar-refractivity contribution in [1.29, 1.82) is 0 Å². The molecule has 7 rings (SSSR count). The van der Waals surface area contributed by atoms with Crippen molar-refractivity contribution in [2.75, 3.05) is 97.3 Å². The summed E-state index contributed by atoms with van der Waals surface area (Å²) < 4.78 is 40.5. The third kappa shape index (κ3) is 13.9. The van der Waals surface area contributed by atoms with Gasteiger partial charge in [0.2, 0.25) is 23.1 Å². The van der Waals surface area contributed by atoms with Crippen LogP contribution in [0.5, 0.6) is 0 Å². The molecule has 7 N–H and O–H groups in total. The number of aromatic carboxylic acids is 1. The van der Waals surface area contributed by atoms with Crippen LogP contribution < -0.4 is 42.1 Å². The fourth-order valence-electron chi connectivity index (χ4n) is 7.94. The maximum absolute atomic E-state index is 13.6. The predicted octanol–water partition coefficient (Wildman–Crippen LogP) is 4.18. The number of thioether (sulfide) groups is 1. The number of halogens is 1. The molecular weight excluding hydrogens is 976 g/mol. The highest BCUT2D eigenvalue weighted by atomic mass is 32.2. The molecule has 1 aliphatic heterocycles. The number of carboxylic acid groups (broad SMARTS) is 1. The van der Waals surface area contributed by atoms with Gasteiger partial charge in [-0.2, -0.15) is 4.98 Å². The SMILES string of the molecule is CC(=O)N[C@@H](CSc1nc2c(=O)[nH]c(N)nc2n1Cc1ccc(F)cc1)C(=O)NCCCOCCOCCOCCCNC(=O)c1ccc(-c2c3ccc(=[N+](C)C)cc-3oc3cc(N(C)C)ccc23)c(C(=O)O)c1. The number of amides is 3. The number of fused-ring (bicyclic) bond motifs is 3. The number of carbonyl (C=O) groups is 4. The summed E-state index contributed by atoms with van der Waals surface area (Å²) in [7, 11) is 7.74. The number of benzene rings is 4. The average molecular weight is 1040 g/mol. The number of rotatable bonds is 25. The molecule has 0 saturated heterocycles. The second-order valence-electron chi connectivity index (χ2n) is 17.6. The van der Waals surface area contributed by atoms with Gasteiger partial charge in [0.1, 0.15) is 37.3 Å². The minimum absolute atomic E-state index is 0.0113. The standard InChI is InChI=1S/C52H59FN10O10S/c1-31(64)57-41(30-74-52-58-45-46(59-51(54)60-49(45)67)63(52)29-32-8-11-34(53)12-9-32)48(66)56-19-7-21-71-23-25-72-24-22-70-20-6-18-55-47(65)33-10-15-37(40(26-33)50(68)69)44-38-16-13-35(61(2)3)27-42(38)73-43-28-36(62(4)5)14-17-39(43)44/h8-17,26-28,41H,6-7,18-25,29-30H2,1-5H3,(H6-,54,55,56,57,59,60,64,65,66,67,68,69)/p+1/t41-/m0/s1. The van der Waals surface area contributed by atoms with Crippen LogP contribution in [0.4, 0.5) is 16.0 Å². The lowest BCUT2D eigenvalue weighted by Gasteiger charge is -2.19. The van der Waals surface area contributed by atoms with Crippen molar-refractivity contribution in [1.82, 2.24) is 40.0 Å². The normalized spacial score (nSPS) is 11.8. The number of hydrogen-bond donors (Lipinski definition) is 6. The molecule has 3 heterocycles. The molecule has 390 valence electrons. The van der Waals surface area contributed by atoms with Gasteiger partial charge >= 0.3 is 5.97 Å². The number of H-pyrrole nitrogens is 1. The average Bonchev–Trinajstić information content (AvgIpc) is 3.71. The lowest BCUT2D eigenvalue weighted by Crippen LogP contribution is -2.48. The van der Waals surface area contributed by atoms with E-state index in [4.69, 9.17) is 24.4 Å². The van der Waals surface area contributed by atoms with Gasteiger partial charge in [-0.3, -0.25) is 28.7 Å². The maximum atomic E-state index is 13.6. The molecule has 0 saturated carbocycles. The molecule has 74 heavy (non-hydrogen) atoms. The predicted molar refractivity (Wildman–Crippen MR) is 280 cm³/mol. The Hall–Kier alpha value is -7.66. The summed E-state index contributed by atoms with van der Waals surface area (Å²) in [6, 6.07) is 21.2. The summed E-state index contributed by atoms with van der Waals surface area (Å²) in [6.07, 6.45) is 1.02. The number of anilines is 2. The molecule has 0 radical (unpaired) electrons. The number of carboxylic acids is 1.